The standard InChI is InChI=1S/C29H29Cl3N4O/c1-34(19-22-10-13-33-27(32)17-22)28(37)36-20-29(25-18-24(31)8-9-26(25)36)11-15-35(16-12-29)14-2-3-21-4-6-23(30)7-5-21/h2-10,13,17-18H,11-12,14-16,19-20H2,1H3/b3-2+. The maximum atomic E-state index is 13.6. The molecule has 2 aliphatic rings. The Labute approximate surface area is 233 Å². The van der Waals surface area contributed by atoms with Gasteiger partial charge in [-0.15, -0.1) is 0 Å². The van der Waals surface area contributed by atoms with Crippen LogP contribution in [0.4, 0.5) is 10.5 Å². The number of halogens is 3. The third kappa shape index (κ3) is 5.80. The molecule has 0 saturated carbocycles. The lowest BCUT2D eigenvalue weighted by Crippen LogP contribution is -2.48. The number of urea groups is 1. The zero-order chi connectivity index (χ0) is 26.0. The highest BCUT2D eigenvalue weighted by Gasteiger charge is 2.46. The second-order valence-corrected chi connectivity index (χ2v) is 11.2. The molecule has 0 radical (unpaired) electrons. The number of fused-ring (bicyclic) bond motifs is 2. The average Bonchev–Trinajstić information content (AvgIpc) is 3.19. The average molecular weight is 556 g/mol. The van der Waals surface area contributed by atoms with Gasteiger partial charge in [0.05, 0.1) is 0 Å². The van der Waals surface area contributed by atoms with E-state index < -0.39 is 0 Å². The maximum absolute atomic E-state index is 13.6. The number of carbonyl (C=O) groups excluding carboxylic acids is 1. The Hall–Kier alpha value is -2.57. The van der Waals surface area contributed by atoms with Gasteiger partial charge >= 0.3 is 6.03 Å². The van der Waals surface area contributed by atoms with E-state index >= 15 is 0 Å². The second kappa shape index (κ2) is 11.0. The van der Waals surface area contributed by atoms with Crippen molar-refractivity contribution in [3.8, 4) is 0 Å². The maximum Gasteiger partial charge on any atom is 0.324 e. The van der Waals surface area contributed by atoms with Gasteiger partial charge in [-0.2, -0.15) is 0 Å². The molecule has 2 amide bonds. The van der Waals surface area contributed by atoms with Crippen molar-refractivity contribution < 1.29 is 4.79 Å². The van der Waals surface area contributed by atoms with Crippen molar-refractivity contribution in [3.05, 3.63) is 98.8 Å². The zero-order valence-electron chi connectivity index (χ0n) is 20.7. The minimum Gasteiger partial charge on any atom is -0.323 e. The monoisotopic (exact) mass is 554 g/mol. The minimum atomic E-state index is -0.0902. The molecule has 0 aliphatic carbocycles. The molecule has 3 aromatic rings. The molecule has 1 spiro atoms. The molecule has 5 rings (SSSR count). The Bertz CT molecular complexity index is 1300. The Balaban J connectivity index is 1.27. The molecule has 192 valence electrons. The number of piperidine rings is 1. The SMILES string of the molecule is CN(Cc1ccnc(Cl)c1)C(=O)N1CC2(CCN(C/C=C/c3ccc(Cl)cc3)CC2)c2cc(Cl)ccc21. The lowest BCUT2D eigenvalue weighted by Gasteiger charge is -2.39. The first-order valence-corrected chi connectivity index (χ1v) is 13.5. The van der Waals surface area contributed by atoms with Gasteiger partial charge in [0.25, 0.3) is 0 Å². The highest BCUT2D eigenvalue weighted by molar-refractivity contribution is 6.31. The number of carbonyl (C=O) groups is 1. The van der Waals surface area contributed by atoms with Gasteiger partial charge in [0.1, 0.15) is 5.15 Å². The summed E-state index contributed by atoms with van der Waals surface area (Å²) in [4.78, 5) is 23.8. The molecule has 0 bridgehead atoms. The van der Waals surface area contributed by atoms with E-state index in [1.54, 1.807) is 17.2 Å². The number of aromatic nitrogens is 1. The summed E-state index contributed by atoms with van der Waals surface area (Å²) in [5.41, 5.74) is 4.15. The van der Waals surface area contributed by atoms with Crippen LogP contribution in [0.15, 0.2) is 66.9 Å². The number of amides is 2. The minimum absolute atomic E-state index is 0.0262. The van der Waals surface area contributed by atoms with Crippen LogP contribution in [0.3, 0.4) is 0 Å². The predicted molar refractivity (Wildman–Crippen MR) is 153 cm³/mol. The number of anilines is 1. The van der Waals surface area contributed by atoms with Gasteiger partial charge in [0, 0.05) is 54.0 Å². The van der Waals surface area contributed by atoms with Crippen molar-refractivity contribution >= 4 is 52.6 Å². The van der Waals surface area contributed by atoms with Crippen LogP contribution in [-0.4, -0.2) is 54.0 Å². The molecule has 1 fully saturated rings. The number of nitrogens with zero attached hydrogens (tertiary/aromatic N) is 4. The van der Waals surface area contributed by atoms with Crippen LogP contribution in [0.2, 0.25) is 15.2 Å². The molecule has 5 nitrogen and oxygen atoms in total. The number of hydrogen-bond acceptors (Lipinski definition) is 3. The van der Waals surface area contributed by atoms with Crippen LogP contribution in [-0.2, 0) is 12.0 Å². The number of pyridine rings is 1. The second-order valence-electron chi connectivity index (χ2n) is 9.91. The summed E-state index contributed by atoms with van der Waals surface area (Å²) in [6.45, 7) is 3.94. The van der Waals surface area contributed by atoms with Gasteiger partial charge < -0.3 is 4.90 Å². The summed E-state index contributed by atoms with van der Waals surface area (Å²) in [7, 11) is 1.83. The van der Waals surface area contributed by atoms with Crippen LogP contribution < -0.4 is 4.90 Å². The molecule has 37 heavy (non-hydrogen) atoms. The molecule has 0 N–H and O–H groups in total. The Morgan fingerprint density at radius 2 is 1.76 bits per heavy atom. The van der Waals surface area contributed by atoms with Crippen LogP contribution >= 0.6 is 34.8 Å². The van der Waals surface area contributed by atoms with Crippen LogP contribution in [0.5, 0.6) is 0 Å². The fourth-order valence-electron chi connectivity index (χ4n) is 5.40. The quantitative estimate of drug-likeness (QED) is 0.314. The topological polar surface area (TPSA) is 39.7 Å². The van der Waals surface area contributed by atoms with E-state index in [9.17, 15) is 4.79 Å². The summed E-state index contributed by atoms with van der Waals surface area (Å²) in [5, 5.41) is 1.88. The lowest BCUT2D eigenvalue weighted by atomic mass is 9.74. The van der Waals surface area contributed by atoms with Crippen LogP contribution in [0.1, 0.15) is 29.5 Å². The van der Waals surface area contributed by atoms with Gasteiger partial charge in [0.2, 0.25) is 0 Å². The van der Waals surface area contributed by atoms with Crippen molar-refractivity contribution in [2.24, 2.45) is 0 Å². The van der Waals surface area contributed by atoms with Crippen molar-refractivity contribution in [1.29, 1.82) is 0 Å². The molecule has 8 heteroatoms. The van der Waals surface area contributed by atoms with E-state index in [1.165, 1.54) is 5.56 Å². The molecule has 2 aromatic carbocycles. The number of likely N-dealkylation sites (tertiary alicyclic amines) is 1. The van der Waals surface area contributed by atoms with E-state index in [1.807, 2.05) is 54.4 Å². The van der Waals surface area contributed by atoms with E-state index in [0.29, 0.717) is 23.3 Å². The van der Waals surface area contributed by atoms with E-state index in [-0.39, 0.29) is 11.4 Å². The fourth-order valence-corrected chi connectivity index (χ4v) is 5.90. The van der Waals surface area contributed by atoms with Gasteiger partial charge in [-0.3, -0.25) is 9.80 Å². The summed E-state index contributed by atoms with van der Waals surface area (Å²) >= 11 is 18.5. The number of hydrogen-bond donors (Lipinski definition) is 0. The molecule has 1 aromatic heterocycles. The first kappa shape index (κ1) is 26.1. The summed E-state index contributed by atoms with van der Waals surface area (Å²) in [6, 6.07) is 17.4. The summed E-state index contributed by atoms with van der Waals surface area (Å²) < 4.78 is 0. The number of rotatable bonds is 5. The zero-order valence-corrected chi connectivity index (χ0v) is 23.0. The highest BCUT2D eigenvalue weighted by atomic mass is 35.5. The highest BCUT2D eigenvalue weighted by Crippen LogP contribution is 2.48. The molecular formula is C29H29Cl3N4O. The molecule has 0 atom stereocenters. The fraction of sp³-hybridized carbons (Fsp3) is 0.310. The Morgan fingerprint density at radius 1 is 1.03 bits per heavy atom. The van der Waals surface area contributed by atoms with Gasteiger partial charge in [-0.1, -0.05) is 59.1 Å². The molecule has 0 unspecified atom stereocenters. The van der Waals surface area contributed by atoms with E-state index in [4.69, 9.17) is 34.8 Å². The first-order chi connectivity index (χ1) is 17.8. The van der Waals surface area contributed by atoms with Crippen LogP contribution in [0, 0.1) is 0 Å². The largest absolute Gasteiger partial charge is 0.324 e. The van der Waals surface area contributed by atoms with Crippen molar-refractivity contribution in [3.63, 3.8) is 0 Å². The Morgan fingerprint density at radius 3 is 2.49 bits per heavy atom. The predicted octanol–water partition coefficient (Wildman–Crippen LogP) is 7.16. The molecular weight excluding hydrogens is 527 g/mol. The molecule has 2 aliphatic heterocycles. The van der Waals surface area contributed by atoms with Gasteiger partial charge in [-0.25, -0.2) is 9.78 Å². The molecule has 1 saturated heterocycles. The summed E-state index contributed by atoms with van der Waals surface area (Å²) in [6.07, 6.45) is 7.95. The van der Waals surface area contributed by atoms with E-state index in [0.717, 1.165) is 54.3 Å². The third-order valence-corrected chi connectivity index (χ3v) is 8.10. The lowest BCUT2D eigenvalue weighted by molar-refractivity contribution is 0.177. The first-order valence-electron chi connectivity index (χ1n) is 12.4. The number of benzene rings is 2. The summed E-state index contributed by atoms with van der Waals surface area (Å²) in [5.74, 6) is 0. The smallest absolute Gasteiger partial charge is 0.323 e. The van der Waals surface area contributed by atoms with Crippen molar-refractivity contribution in [1.82, 2.24) is 14.8 Å². The third-order valence-electron chi connectivity index (χ3n) is 7.41. The van der Waals surface area contributed by atoms with Crippen molar-refractivity contribution in [2.45, 2.75) is 24.8 Å². The van der Waals surface area contributed by atoms with Gasteiger partial charge in [-0.05, 0) is 85.1 Å². The van der Waals surface area contributed by atoms with Crippen molar-refractivity contribution in [2.75, 3.05) is 38.1 Å². The Kier molecular flexibility index (Phi) is 7.77. The normalized spacial score (nSPS) is 16.9. The van der Waals surface area contributed by atoms with Gasteiger partial charge in [0.15, 0.2) is 0 Å². The van der Waals surface area contributed by atoms with E-state index in [2.05, 4.69) is 28.1 Å². The van der Waals surface area contributed by atoms with Crippen LogP contribution in [0.25, 0.3) is 6.08 Å². The molecule has 3 heterocycles.